The van der Waals surface area contributed by atoms with Crippen LogP contribution in [0.4, 0.5) is 14.5 Å². The molecule has 1 aliphatic heterocycles. The first-order valence-electron chi connectivity index (χ1n) is 9.28. The Labute approximate surface area is 162 Å². The molecule has 0 atom stereocenters. The summed E-state index contributed by atoms with van der Waals surface area (Å²) >= 11 is 0. The number of hydrogen-bond acceptors (Lipinski definition) is 5. The highest BCUT2D eigenvalue weighted by atomic mass is 19.3. The van der Waals surface area contributed by atoms with E-state index in [1.165, 1.54) is 12.4 Å². The predicted molar refractivity (Wildman–Crippen MR) is 104 cm³/mol. The van der Waals surface area contributed by atoms with Gasteiger partial charge in [0.2, 0.25) is 0 Å². The number of aromatic nitrogens is 3. The fourth-order valence-corrected chi connectivity index (χ4v) is 3.84. The van der Waals surface area contributed by atoms with E-state index in [2.05, 4.69) is 32.8 Å². The third kappa shape index (κ3) is 3.40. The summed E-state index contributed by atoms with van der Waals surface area (Å²) in [5.41, 5.74) is 3.13. The van der Waals surface area contributed by atoms with E-state index in [9.17, 15) is 8.78 Å². The van der Waals surface area contributed by atoms with Gasteiger partial charge in [-0.05, 0) is 18.6 Å². The van der Waals surface area contributed by atoms with Crippen LogP contribution in [0.3, 0.4) is 0 Å². The van der Waals surface area contributed by atoms with Gasteiger partial charge in [0, 0.05) is 50.2 Å². The van der Waals surface area contributed by atoms with Gasteiger partial charge in [0.05, 0.1) is 19.3 Å². The van der Waals surface area contributed by atoms with Crippen molar-refractivity contribution >= 4 is 16.6 Å². The Kier molecular flexibility index (Phi) is 5.13. The minimum atomic E-state index is -2.56. The number of fused-ring (bicyclic) bond motifs is 1. The third-order valence-electron chi connectivity index (χ3n) is 5.25. The summed E-state index contributed by atoms with van der Waals surface area (Å²) in [6, 6.07) is 5.96. The SMILES string of the molecule is COc1cccc2c(N3CCN(Cc4nccn4C(F)F)CC3)c(C)cnc12. The molecule has 0 saturated carbocycles. The lowest BCUT2D eigenvalue weighted by molar-refractivity contribution is 0.0637. The molecule has 1 saturated heterocycles. The van der Waals surface area contributed by atoms with E-state index in [0.717, 1.165) is 58.6 Å². The van der Waals surface area contributed by atoms with E-state index in [-0.39, 0.29) is 0 Å². The lowest BCUT2D eigenvalue weighted by Gasteiger charge is -2.37. The molecule has 6 nitrogen and oxygen atoms in total. The molecule has 28 heavy (non-hydrogen) atoms. The fourth-order valence-electron chi connectivity index (χ4n) is 3.84. The van der Waals surface area contributed by atoms with Crippen molar-refractivity contribution in [3.05, 3.63) is 48.2 Å². The van der Waals surface area contributed by atoms with Crippen molar-refractivity contribution in [1.29, 1.82) is 0 Å². The normalized spacial score (nSPS) is 15.5. The first-order chi connectivity index (χ1) is 13.6. The highest BCUT2D eigenvalue weighted by Crippen LogP contribution is 2.34. The Morgan fingerprint density at radius 2 is 1.93 bits per heavy atom. The van der Waals surface area contributed by atoms with Crippen LogP contribution in [0.25, 0.3) is 10.9 Å². The van der Waals surface area contributed by atoms with Crippen molar-refractivity contribution < 1.29 is 13.5 Å². The number of benzene rings is 1. The number of imidazole rings is 1. The van der Waals surface area contributed by atoms with Crippen molar-refractivity contribution in [3.63, 3.8) is 0 Å². The van der Waals surface area contributed by atoms with E-state index in [0.29, 0.717) is 12.4 Å². The molecule has 148 valence electrons. The second-order valence-electron chi connectivity index (χ2n) is 6.94. The Morgan fingerprint density at radius 3 is 2.64 bits per heavy atom. The predicted octanol–water partition coefficient (Wildman–Crippen LogP) is 3.47. The van der Waals surface area contributed by atoms with Crippen molar-refractivity contribution in [3.8, 4) is 5.75 Å². The molecular weight excluding hydrogens is 364 g/mol. The van der Waals surface area contributed by atoms with Crippen LogP contribution in [0.2, 0.25) is 0 Å². The van der Waals surface area contributed by atoms with Crippen LogP contribution < -0.4 is 9.64 Å². The maximum atomic E-state index is 13.0. The van der Waals surface area contributed by atoms with Crippen LogP contribution in [0, 0.1) is 6.92 Å². The number of alkyl halides is 2. The molecule has 1 aromatic carbocycles. The topological polar surface area (TPSA) is 46.4 Å². The number of nitrogens with zero attached hydrogens (tertiary/aromatic N) is 5. The van der Waals surface area contributed by atoms with Gasteiger partial charge in [-0.25, -0.2) is 4.98 Å². The van der Waals surface area contributed by atoms with E-state index in [1.807, 2.05) is 18.3 Å². The van der Waals surface area contributed by atoms with Crippen LogP contribution in [0.15, 0.2) is 36.8 Å². The zero-order valence-corrected chi connectivity index (χ0v) is 16.0. The number of anilines is 1. The second kappa shape index (κ2) is 7.71. The number of ether oxygens (including phenoxy) is 1. The van der Waals surface area contributed by atoms with E-state index < -0.39 is 6.55 Å². The van der Waals surface area contributed by atoms with Crippen LogP contribution in [0.5, 0.6) is 5.75 Å². The summed E-state index contributed by atoms with van der Waals surface area (Å²) in [6.45, 7) is 3.12. The summed E-state index contributed by atoms with van der Waals surface area (Å²) in [4.78, 5) is 13.1. The molecule has 0 spiro atoms. The highest BCUT2D eigenvalue weighted by Gasteiger charge is 2.23. The highest BCUT2D eigenvalue weighted by molar-refractivity contribution is 5.96. The molecule has 0 aliphatic carbocycles. The number of aryl methyl sites for hydroxylation is 1. The van der Waals surface area contributed by atoms with E-state index >= 15 is 0 Å². The molecule has 4 rings (SSSR count). The maximum Gasteiger partial charge on any atom is 0.319 e. The molecule has 0 bridgehead atoms. The van der Waals surface area contributed by atoms with Crippen molar-refractivity contribution in [2.75, 3.05) is 38.2 Å². The zero-order valence-electron chi connectivity index (χ0n) is 16.0. The number of para-hydroxylation sites is 1. The Morgan fingerprint density at radius 1 is 1.14 bits per heavy atom. The number of methoxy groups -OCH3 is 1. The molecule has 0 radical (unpaired) electrons. The number of rotatable bonds is 5. The number of hydrogen-bond donors (Lipinski definition) is 0. The summed E-state index contributed by atoms with van der Waals surface area (Å²) in [7, 11) is 1.65. The van der Waals surface area contributed by atoms with Gasteiger partial charge < -0.3 is 9.64 Å². The van der Waals surface area contributed by atoms with Gasteiger partial charge >= 0.3 is 6.55 Å². The fraction of sp³-hybridized carbons (Fsp3) is 0.400. The number of piperazine rings is 1. The van der Waals surface area contributed by atoms with Crippen LogP contribution >= 0.6 is 0 Å². The summed E-state index contributed by atoms with van der Waals surface area (Å²) < 4.78 is 32.5. The molecule has 2 aromatic heterocycles. The van der Waals surface area contributed by atoms with Crippen molar-refractivity contribution in [1.82, 2.24) is 19.4 Å². The lowest BCUT2D eigenvalue weighted by atomic mass is 10.1. The molecule has 8 heteroatoms. The Hall–Kier alpha value is -2.74. The first-order valence-corrected chi connectivity index (χ1v) is 9.28. The largest absolute Gasteiger partial charge is 0.494 e. The van der Waals surface area contributed by atoms with Crippen molar-refractivity contribution in [2.24, 2.45) is 0 Å². The van der Waals surface area contributed by atoms with Gasteiger partial charge in [-0.15, -0.1) is 0 Å². The molecule has 0 amide bonds. The molecule has 1 aliphatic rings. The van der Waals surface area contributed by atoms with E-state index in [4.69, 9.17) is 4.74 Å². The maximum absolute atomic E-state index is 13.0. The van der Waals surface area contributed by atoms with Gasteiger partial charge in [-0.2, -0.15) is 8.78 Å². The lowest BCUT2D eigenvalue weighted by Crippen LogP contribution is -2.46. The molecule has 1 fully saturated rings. The molecule has 0 N–H and O–H groups in total. The molecular formula is C20H23F2N5O. The summed E-state index contributed by atoms with van der Waals surface area (Å²) in [5, 5.41) is 1.07. The monoisotopic (exact) mass is 387 g/mol. The third-order valence-corrected chi connectivity index (χ3v) is 5.25. The van der Waals surface area contributed by atoms with E-state index in [1.54, 1.807) is 7.11 Å². The quantitative estimate of drug-likeness (QED) is 0.671. The van der Waals surface area contributed by atoms with Crippen LogP contribution in [-0.4, -0.2) is 52.7 Å². The Bertz CT molecular complexity index is 966. The van der Waals surface area contributed by atoms with Crippen molar-refractivity contribution in [2.45, 2.75) is 20.0 Å². The summed E-state index contributed by atoms with van der Waals surface area (Å²) in [5.74, 6) is 1.16. The Balaban J connectivity index is 1.53. The van der Waals surface area contributed by atoms with Gasteiger partial charge in [-0.3, -0.25) is 14.5 Å². The number of halogens is 2. The zero-order chi connectivity index (χ0) is 19.7. The van der Waals surface area contributed by atoms with Gasteiger partial charge in [-0.1, -0.05) is 12.1 Å². The number of pyridine rings is 1. The van der Waals surface area contributed by atoms with Gasteiger partial charge in [0.15, 0.2) is 0 Å². The average Bonchev–Trinajstić information content (AvgIpc) is 3.16. The molecule has 0 unspecified atom stereocenters. The van der Waals surface area contributed by atoms with Gasteiger partial charge in [0.25, 0.3) is 0 Å². The molecule has 3 heterocycles. The first kappa shape index (κ1) is 18.6. The average molecular weight is 387 g/mol. The van der Waals surface area contributed by atoms with Crippen LogP contribution in [0.1, 0.15) is 17.9 Å². The molecule has 3 aromatic rings. The standard InChI is InChI=1S/C20H23F2N5O/c1-14-12-24-18-15(4-3-5-16(18)28-2)19(14)26-10-8-25(9-11-26)13-17-23-6-7-27(17)20(21)22/h3-7,12,20H,8-11,13H2,1-2H3. The second-order valence-corrected chi connectivity index (χ2v) is 6.94. The minimum Gasteiger partial charge on any atom is -0.494 e. The smallest absolute Gasteiger partial charge is 0.319 e. The van der Waals surface area contributed by atoms with Gasteiger partial charge in [0.1, 0.15) is 17.1 Å². The van der Waals surface area contributed by atoms with Crippen LogP contribution in [-0.2, 0) is 6.54 Å². The minimum absolute atomic E-state index is 0.402. The summed E-state index contributed by atoms with van der Waals surface area (Å²) in [6.07, 6.45) is 4.64.